The van der Waals surface area contributed by atoms with Gasteiger partial charge >= 0.3 is 0 Å². The summed E-state index contributed by atoms with van der Waals surface area (Å²) >= 11 is 12.3. The first-order chi connectivity index (χ1) is 10.2. The second-order valence-corrected chi connectivity index (χ2v) is 6.11. The number of hydrogen-bond acceptors (Lipinski definition) is 1. The number of hydrogen-bond donors (Lipinski definition) is 1. The molecule has 1 nitrogen and oxygen atoms in total. The molecule has 3 heteroatoms. The van der Waals surface area contributed by atoms with Crippen LogP contribution in [0.1, 0.15) is 36.9 Å². The third-order valence-electron chi connectivity index (χ3n) is 3.49. The van der Waals surface area contributed by atoms with E-state index in [0.717, 1.165) is 31.4 Å². The van der Waals surface area contributed by atoms with Gasteiger partial charge in [-0.2, -0.15) is 0 Å². The molecule has 21 heavy (non-hydrogen) atoms. The second-order valence-electron chi connectivity index (χ2n) is 5.23. The predicted octanol–water partition coefficient (Wildman–Crippen LogP) is 5.67. The van der Waals surface area contributed by atoms with E-state index in [1.807, 2.05) is 18.2 Å². The molecule has 112 valence electrons. The molecule has 0 heterocycles. The summed E-state index contributed by atoms with van der Waals surface area (Å²) in [5, 5.41) is 4.98. The van der Waals surface area contributed by atoms with Gasteiger partial charge in [-0.1, -0.05) is 60.5 Å². The normalized spacial score (nSPS) is 12.3. The van der Waals surface area contributed by atoms with Gasteiger partial charge in [0.1, 0.15) is 0 Å². The summed E-state index contributed by atoms with van der Waals surface area (Å²) in [6.07, 6.45) is 3.17. The van der Waals surface area contributed by atoms with Gasteiger partial charge in [0.2, 0.25) is 0 Å². The van der Waals surface area contributed by atoms with Crippen LogP contribution in [0.5, 0.6) is 0 Å². The molecule has 0 amide bonds. The van der Waals surface area contributed by atoms with Gasteiger partial charge in [-0.15, -0.1) is 0 Å². The summed E-state index contributed by atoms with van der Waals surface area (Å²) in [6.45, 7) is 3.16. The van der Waals surface area contributed by atoms with Crippen molar-refractivity contribution in [3.8, 4) is 0 Å². The molecule has 0 aliphatic heterocycles. The van der Waals surface area contributed by atoms with Crippen LogP contribution in [-0.4, -0.2) is 6.54 Å². The molecule has 0 spiro atoms. The lowest BCUT2D eigenvalue weighted by Crippen LogP contribution is -2.22. The van der Waals surface area contributed by atoms with Gasteiger partial charge < -0.3 is 5.32 Å². The standard InChI is InChI=1S/C18H21Cl2N/c1-2-10-21-18(9-8-14-6-4-3-5-7-14)15-11-16(19)13-17(20)12-15/h3-7,11-13,18,21H,2,8-10H2,1H3. The Labute approximate surface area is 137 Å². The van der Waals surface area contributed by atoms with Gasteiger partial charge in [0.05, 0.1) is 0 Å². The third-order valence-corrected chi connectivity index (χ3v) is 3.93. The Morgan fingerprint density at radius 2 is 1.67 bits per heavy atom. The van der Waals surface area contributed by atoms with Crippen molar-refractivity contribution in [1.29, 1.82) is 0 Å². The summed E-state index contributed by atoms with van der Waals surface area (Å²) in [6, 6.07) is 16.6. The maximum absolute atomic E-state index is 6.13. The molecule has 1 unspecified atom stereocenters. The summed E-state index contributed by atoms with van der Waals surface area (Å²) in [5.74, 6) is 0. The van der Waals surface area contributed by atoms with Crippen molar-refractivity contribution in [3.05, 3.63) is 69.7 Å². The Bertz CT molecular complexity index is 534. The summed E-state index contributed by atoms with van der Waals surface area (Å²) in [5.41, 5.74) is 2.52. The van der Waals surface area contributed by atoms with E-state index in [4.69, 9.17) is 23.2 Å². The van der Waals surface area contributed by atoms with Crippen LogP contribution >= 0.6 is 23.2 Å². The van der Waals surface area contributed by atoms with E-state index >= 15 is 0 Å². The fourth-order valence-electron chi connectivity index (χ4n) is 2.44. The van der Waals surface area contributed by atoms with Crippen LogP contribution < -0.4 is 5.32 Å². The van der Waals surface area contributed by atoms with Crippen molar-refractivity contribution >= 4 is 23.2 Å². The van der Waals surface area contributed by atoms with Crippen molar-refractivity contribution in [2.24, 2.45) is 0 Å². The van der Waals surface area contributed by atoms with E-state index < -0.39 is 0 Å². The van der Waals surface area contributed by atoms with Gasteiger partial charge in [0.15, 0.2) is 0 Å². The number of halogens is 2. The van der Waals surface area contributed by atoms with E-state index in [1.165, 1.54) is 5.56 Å². The van der Waals surface area contributed by atoms with Crippen LogP contribution in [-0.2, 0) is 6.42 Å². The zero-order chi connectivity index (χ0) is 15.1. The lowest BCUT2D eigenvalue weighted by molar-refractivity contribution is 0.499. The molecule has 0 saturated carbocycles. The van der Waals surface area contributed by atoms with Crippen molar-refractivity contribution in [3.63, 3.8) is 0 Å². The maximum Gasteiger partial charge on any atom is 0.0424 e. The third kappa shape index (κ3) is 5.35. The Morgan fingerprint density at radius 3 is 2.29 bits per heavy atom. The highest BCUT2D eigenvalue weighted by molar-refractivity contribution is 6.34. The van der Waals surface area contributed by atoms with Crippen molar-refractivity contribution in [1.82, 2.24) is 5.32 Å². The molecular formula is C18H21Cl2N. The van der Waals surface area contributed by atoms with Crippen LogP contribution in [0.15, 0.2) is 48.5 Å². The average Bonchev–Trinajstić information content (AvgIpc) is 2.47. The molecule has 0 aliphatic carbocycles. The minimum atomic E-state index is 0.279. The lowest BCUT2D eigenvalue weighted by Gasteiger charge is -2.20. The van der Waals surface area contributed by atoms with Gasteiger partial charge in [-0.25, -0.2) is 0 Å². The Morgan fingerprint density at radius 1 is 1.00 bits per heavy atom. The van der Waals surface area contributed by atoms with Crippen LogP contribution in [0.2, 0.25) is 10.0 Å². The van der Waals surface area contributed by atoms with Gasteiger partial charge in [0.25, 0.3) is 0 Å². The fraction of sp³-hybridized carbons (Fsp3) is 0.333. The first kappa shape index (κ1) is 16.4. The molecule has 0 aromatic heterocycles. The largest absolute Gasteiger partial charge is 0.310 e. The molecule has 0 saturated heterocycles. The number of nitrogens with one attached hydrogen (secondary N) is 1. The van der Waals surface area contributed by atoms with E-state index in [0.29, 0.717) is 10.0 Å². The monoisotopic (exact) mass is 321 g/mol. The van der Waals surface area contributed by atoms with Crippen LogP contribution in [0.3, 0.4) is 0 Å². The predicted molar refractivity (Wildman–Crippen MR) is 92.3 cm³/mol. The SMILES string of the molecule is CCCNC(CCc1ccccc1)c1cc(Cl)cc(Cl)c1. The zero-order valence-electron chi connectivity index (χ0n) is 12.3. The van der Waals surface area contributed by atoms with Crippen molar-refractivity contribution in [2.75, 3.05) is 6.54 Å². The van der Waals surface area contributed by atoms with E-state index in [2.05, 4.69) is 36.5 Å². The van der Waals surface area contributed by atoms with Crippen LogP contribution in [0.4, 0.5) is 0 Å². The molecule has 0 radical (unpaired) electrons. The molecule has 2 aromatic rings. The van der Waals surface area contributed by atoms with Crippen molar-refractivity contribution in [2.45, 2.75) is 32.2 Å². The Kier molecular flexibility index (Phi) is 6.56. The van der Waals surface area contributed by atoms with E-state index in [1.54, 1.807) is 6.07 Å². The fourth-order valence-corrected chi connectivity index (χ4v) is 2.98. The smallest absolute Gasteiger partial charge is 0.0424 e. The Hall–Kier alpha value is -1.02. The summed E-state index contributed by atoms with van der Waals surface area (Å²) < 4.78 is 0. The summed E-state index contributed by atoms with van der Waals surface area (Å²) in [7, 11) is 0. The van der Waals surface area contributed by atoms with E-state index in [-0.39, 0.29) is 6.04 Å². The highest BCUT2D eigenvalue weighted by Gasteiger charge is 2.12. The second kappa shape index (κ2) is 8.43. The zero-order valence-corrected chi connectivity index (χ0v) is 13.8. The quantitative estimate of drug-likeness (QED) is 0.693. The molecular weight excluding hydrogens is 301 g/mol. The van der Waals surface area contributed by atoms with Gasteiger partial charge in [-0.3, -0.25) is 0 Å². The number of aryl methyl sites for hydroxylation is 1. The van der Waals surface area contributed by atoms with Crippen LogP contribution in [0, 0.1) is 0 Å². The molecule has 1 atom stereocenters. The molecule has 2 aromatic carbocycles. The summed E-state index contributed by atoms with van der Waals surface area (Å²) in [4.78, 5) is 0. The van der Waals surface area contributed by atoms with Gasteiger partial charge in [-0.05, 0) is 55.1 Å². The molecule has 2 rings (SSSR count). The Balaban J connectivity index is 2.10. The maximum atomic E-state index is 6.13. The first-order valence-electron chi connectivity index (χ1n) is 7.42. The molecule has 1 N–H and O–H groups in total. The molecule has 0 fully saturated rings. The molecule has 0 aliphatic rings. The minimum absolute atomic E-state index is 0.279. The topological polar surface area (TPSA) is 12.0 Å². The van der Waals surface area contributed by atoms with Gasteiger partial charge in [0, 0.05) is 16.1 Å². The van der Waals surface area contributed by atoms with Crippen LogP contribution in [0.25, 0.3) is 0 Å². The molecule has 0 bridgehead atoms. The highest BCUT2D eigenvalue weighted by atomic mass is 35.5. The average molecular weight is 322 g/mol. The van der Waals surface area contributed by atoms with Crippen molar-refractivity contribution < 1.29 is 0 Å². The number of rotatable bonds is 7. The number of benzene rings is 2. The lowest BCUT2D eigenvalue weighted by atomic mass is 9.99. The first-order valence-corrected chi connectivity index (χ1v) is 8.18. The van der Waals surface area contributed by atoms with E-state index in [9.17, 15) is 0 Å². The highest BCUT2D eigenvalue weighted by Crippen LogP contribution is 2.26. The minimum Gasteiger partial charge on any atom is -0.310 e.